The molecule has 1 aromatic carbocycles. The molecule has 0 bridgehead atoms. The molecule has 0 spiro atoms. The van der Waals surface area contributed by atoms with Crippen LogP contribution < -0.4 is 0 Å². The monoisotopic (exact) mass is 279 g/mol. The summed E-state index contributed by atoms with van der Waals surface area (Å²) in [5, 5.41) is 8.80. The lowest BCUT2D eigenvalue weighted by atomic mass is 10.1. The molecule has 0 atom stereocenters. The number of hydrogen-bond acceptors (Lipinski definition) is 3. The summed E-state index contributed by atoms with van der Waals surface area (Å²) in [5.74, 6) is 0. The normalized spacial score (nSPS) is 10.5. The van der Waals surface area contributed by atoms with Gasteiger partial charge in [-0.15, -0.1) is 0 Å². The van der Waals surface area contributed by atoms with Gasteiger partial charge in [-0.05, 0) is 36.6 Å². The minimum absolute atomic E-state index is 0.575. The van der Waals surface area contributed by atoms with Gasteiger partial charge in [0.2, 0.25) is 0 Å². The largest absolute Gasteiger partial charge is 0.298 e. The second-order valence-electron chi connectivity index (χ2n) is 5.13. The number of aryl methyl sites for hydroxylation is 1. The van der Waals surface area contributed by atoms with Crippen molar-refractivity contribution in [2.24, 2.45) is 0 Å². The third-order valence-corrected chi connectivity index (χ3v) is 3.45. The van der Waals surface area contributed by atoms with Crippen molar-refractivity contribution in [2.45, 2.75) is 25.8 Å². The van der Waals surface area contributed by atoms with Crippen LogP contribution in [0.3, 0.4) is 0 Å². The molecule has 0 fully saturated rings. The van der Waals surface area contributed by atoms with Gasteiger partial charge in [0.25, 0.3) is 0 Å². The fourth-order valence-electron chi connectivity index (χ4n) is 2.38. The number of benzene rings is 1. The van der Waals surface area contributed by atoms with Crippen LogP contribution in [0.1, 0.15) is 24.0 Å². The van der Waals surface area contributed by atoms with Crippen LogP contribution >= 0.6 is 0 Å². The molecular formula is C18H21N3. The Hall–Kier alpha value is -2.18. The summed E-state index contributed by atoms with van der Waals surface area (Å²) in [5.41, 5.74) is 2.58. The molecule has 0 aliphatic rings. The maximum Gasteiger partial charge on any atom is 0.0635 e. The molecule has 0 amide bonds. The summed E-state index contributed by atoms with van der Waals surface area (Å²) in [4.78, 5) is 6.49. The predicted octanol–water partition coefficient (Wildman–Crippen LogP) is 3.43. The van der Waals surface area contributed by atoms with Gasteiger partial charge >= 0.3 is 0 Å². The van der Waals surface area contributed by atoms with Crippen LogP contribution in [0, 0.1) is 11.3 Å². The van der Waals surface area contributed by atoms with E-state index < -0.39 is 0 Å². The van der Waals surface area contributed by atoms with Crippen molar-refractivity contribution in [2.75, 3.05) is 13.1 Å². The first kappa shape index (κ1) is 15.2. The molecule has 108 valence electrons. The Bertz CT molecular complexity index is 546. The number of nitriles is 1. The van der Waals surface area contributed by atoms with Gasteiger partial charge in [0, 0.05) is 31.9 Å². The fourth-order valence-corrected chi connectivity index (χ4v) is 2.38. The SMILES string of the molecule is N#CCCN(CCCc1ccccc1)Cc1cccnc1. The maximum atomic E-state index is 8.80. The zero-order chi connectivity index (χ0) is 14.8. The van der Waals surface area contributed by atoms with Crippen molar-refractivity contribution < 1.29 is 0 Å². The third-order valence-electron chi connectivity index (χ3n) is 3.45. The van der Waals surface area contributed by atoms with Gasteiger partial charge in [0.15, 0.2) is 0 Å². The Morgan fingerprint density at radius 1 is 1.00 bits per heavy atom. The van der Waals surface area contributed by atoms with Crippen molar-refractivity contribution in [3.05, 3.63) is 66.0 Å². The maximum absolute atomic E-state index is 8.80. The van der Waals surface area contributed by atoms with Crippen LogP contribution in [0.2, 0.25) is 0 Å². The summed E-state index contributed by atoms with van der Waals surface area (Å²) in [6.07, 6.45) is 6.45. The first-order chi connectivity index (χ1) is 10.4. The van der Waals surface area contributed by atoms with Crippen LogP contribution in [0.5, 0.6) is 0 Å². The zero-order valence-electron chi connectivity index (χ0n) is 12.3. The summed E-state index contributed by atoms with van der Waals surface area (Å²) in [6.45, 7) is 2.69. The number of aromatic nitrogens is 1. The average molecular weight is 279 g/mol. The number of hydrogen-bond donors (Lipinski definition) is 0. The molecule has 0 aliphatic carbocycles. The minimum atomic E-state index is 0.575. The summed E-state index contributed by atoms with van der Waals surface area (Å²) in [6, 6.07) is 16.8. The van der Waals surface area contributed by atoms with E-state index in [2.05, 4.69) is 46.3 Å². The number of rotatable bonds is 8. The van der Waals surface area contributed by atoms with E-state index in [9.17, 15) is 0 Å². The molecule has 2 rings (SSSR count). The van der Waals surface area contributed by atoms with Crippen LogP contribution in [0.15, 0.2) is 54.9 Å². The lowest BCUT2D eigenvalue weighted by Crippen LogP contribution is -2.25. The van der Waals surface area contributed by atoms with E-state index >= 15 is 0 Å². The van der Waals surface area contributed by atoms with Gasteiger partial charge in [-0.25, -0.2) is 0 Å². The van der Waals surface area contributed by atoms with Gasteiger partial charge < -0.3 is 0 Å². The van der Waals surface area contributed by atoms with E-state index in [4.69, 9.17) is 5.26 Å². The van der Waals surface area contributed by atoms with Crippen molar-refractivity contribution >= 4 is 0 Å². The molecule has 0 N–H and O–H groups in total. The highest BCUT2D eigenvalue weighted by Gasteiger charge is 2.06. The van der Waals surface area contributed by atoms with Crippen LogP contribution in [-0.4, -0.2) is 23.0 Å². The predicted molar refractivity (Wildman–Crippen MR) is 84.5 cm³/mol. The van der Waals surface area contributed by atoms with Gasteiger partial charge in [0.1, 0.15) is 0 Å². The lowest BCUT2D eigenvalue weighted by molar-refractivity contribution is 0.268. The molecule has 2 aromatic rings. The quantitative estimate of drug-likeness (QED) is 0.743. The van der Waals surface area contributed by atoms with E-state index in [-0.39, 0.29) is 0 Å². The van der Waals surface area contributed by atoms with E-state index in [1.165, 1.54) is 11.1 Å². The zero-order valence-corrected chi connectivity index (χ0v) is 12.3. The highest BCUT2D eigenvalue weighted by Crippen LogP contribution is 2.07. The van der Waals surface area contributed by atoms with E-state index in [0.717, 1.165) is 32.5 Å². The molecule has 1 aromatic heterocycles. The molecule has 1 heterocycles. The Labute approximate surface area is 126 Å². The van der Waals surface area contributed by atoms with Crippen molar-refractivity contribution in [1.82, 2.24) is 9.88 Å². The number of pyridine rings is 1. The Morgan fingerprint density at radius 2 is 1.81 bits per heavy atom. The summed E-state index contributed by atoms with van der Waals surface area (Å²) in [7, 11) is 0. The average Bonchev–Trinajstić information content (AvgIpc) is 2.54. The summed E-state index contributed by atoms with van der Waals surface area (Å²) < 4.78 is 0. The van der Waals surface area contributed by atoms with Crippen molar-refractivity contribution in [3.8, 4) is 6.07 Å². The number of nitrogens with zero attached hydrogens (tertiary/aromatic N) is 3. The molecule has 0 saturated heterocycles. The Kier molecular flexibility index (Phi) is 6.44. The van der Waals surface area contributed by atoms with Gasteiger partial charge in [-0.2, -0.15) is 5.26 Å². The molecule has 3 nitrogen and oxygen atoms in total. The van der Waals surface area contributed by atoms with Crippen molar-refractivity contribution in [1.29, 1.82) is 5.26 Å². The Balaban J connectivity index is 1.83. The van der Waals surface area contributed by atoms with Crippen molar-refractivity contribution in [3.63, 3.8) is 0 Å². The minimum Gasteiger partial charge on any atom is -0.298 e. The summed E-state index contributed by atoms with van der Waals surface area (Å²) >= 11 is 0. The van der Waals surface area contributed by atoms with Gasteiger partial charge in [-0.3, -0.25) is 9.88 Å². The fraction of sp³-hybridized carbons (Fsp3) is 0.333. The molecule has 0 unspecified atom stereocenters. The van der Waals surface area contributed by atoms with Gasteiger partial charge in [-0.1, -0.05) is 36.4 Å². The smallest absolute Gasteiger partial charge is 0.0635 e. The second-order valence-corrected chi connectivity index (χ2v) is 5.13. The first-order valence-corrected chi connectivity index (χ1v) is 7.40. The van der Waals surface area contributed by atoms with E-state index in [0.29, 0.717) is 6.42 Å². The van der Waals surface area contributed by atoms with Crippen LogP contribution in [0.25, 0.3) is 0 Å². The highest BCUT2D eigenvalue weighted by atomic mass is 15.1. The third kappa shape index (κ3) is 5.76. The van der Waals surface area contributed by atoms with Gasteiger partial charge in [0.05, 0.1) is 6.07 Å². The lowest BCUT2D eigenvalue weighted by Gasteiger charge is -2.21. The van der Waals surface area contributed by atoms with Crippen LogP contribution in [0.4, 0.5) is 0 Å². The molecule has 0 aliphatic heterocycles. The first-order valence-electron chi connectivity index (χ1n) is 7.40. The van der Waals surface area contributed by atoms with E-state index in [1.807, 2.05) is 18.3 Å². The molecule has 21 heavy (non-hydrogen) atoms. The second kappa shape index (κ2) is 8.89. The molecule has 3 heteroatoms. The van der Waals surface area contributed by atoms with E-state index in [1.54, 1.807) is 6.20 Å². The Morgan fingerprint density at radius 3 is 2.52 bits per heavy atom. The standard InChI is InChI=1S/C18H21N3/c19-11-6-14-21(16-18-9-4-12-20-15-18)13-5-10-17-7-2-1-3-8-17/h1-4,7-9,12,15H,5-6,10,13-14,16H2. The van der Waals surface area contributed by atoms with Crippen LogP contribution in [-0.2, 0) is 13.0 Å². The topological polar surface area (TPSA) is 39.9 Å². The molecular weight excluding hydrogens is 258 g/mol. The molecule has 0 saturated carbocycles. The highest BCUT2D eigenvalue weighted by molar-refractivity contribution is 5.14. The molecule has 0 radical (unpaired) electrons.